The van der Waals surface area contributed by atoms with Gasteiger partial charge < -0.3 is 14.7 Å². The summed E-state index contributed by atoms with van der Waals surface area (Å²) in [4.78, 5) is 41.8. The van der Waals surface area contributed by atoms with Gasteiger partial charge in [-0.3, -0.25) is 14.4 Å². The average molecular weight is 597 g/mol. The number of hydrogen-bond donors (Lipinski definition) is 1. The van der Waals surface area contributed by atoms with E-state index in [2.05, 4.69) is 0 Å². The van der Waals surface area contributed by atoms with Crippen molar-refractivity contribution < 1.29 is 24.2 Å². The van der Waals surface area contributed by atoms with Gasteiger partial charge in [-0.2, -0.15) is 0 Å². The van der Waals surface area contributed by atoms with Gasteiger partial charge in [0.2, 0.25) is 0 Å². The van der Waals surface area contributed by atoms with Crippen LogP contribution >= 0.6 is 23.2 Å². The number of aryl methyl sites for hydroxylation is 1. The van der Waals surface area contributed by atoms with Crippen LogP contribution in [-0.4, -0.2) is 34.1 Å². The molecule has 3 aliphatic rings. The van der Waals surface area contributed by atoms with Gasteiger partial charge in [-0.1, -0.05) is 80.7 Å². The highest BCUT2D eigenvalue weighted by Gasteiger charge is 2.50. The van der Waals surface area contributed by atoms with Gasteiger partial charge in [0.15, 0.2) is 11.6 Å². The molecule has 2 aromatic rings. The Hall–Kier alpha value is -3.09. The van der Waals surface area contributed by atoms with Crippen LogP contribution in [0.3, 0.4) is 0 Å². The largest absolute Gasteiger partial charge is 0.487 e. The van der Waals surface area contributed by atoms with Crippen molar-refractivity contribution in [2.75, 3.05) is 6.54 Å². The Bertz CT molecular complexity index is 1460. The van der Waals surface area contributed by atoms with Gasteiger partial charge >= 0.3 is 5.97 Å². The van der Waals surface area contributed by atoms with Gasteiger partial charge in [-0.05, 0) is 48.3 Å². The second-order valence-electron chi connectivity index (χ2n) is 13.1. The van der Waals surface area contributed by atoms with Crippen molar-refractivity contribution in [3.05, 3.63) is 85.7 Å². The highest BCUT2D eigenvalue weighted by molar-refractivity contribution is 6.35. The van der Waals surface area contributed by atoms with E-state index < -0.39 is 11.9 Å². The lowest BCUT2D eigenvalue weighted by atomic mass is 9.63. The van der Waals surface area contributed by atoms with E-state index in [4.69, 9.17) is 27.9 Å². The Labute approximate surface area is 251 Å². The molecule has 1 N–H and O–H groups in total. The van der Waals surface area contributed by atoms with Gasteiger partial charge in [0, 0.05) is 51.9 Å². The van der Waals surface area contributed by atoms with Crippen LogP contribution in [0.1, 0.15) is 76.0 Å². The minimum atomic E-state index is -1.03. The quantitative estimate of drug-likeness (QED) is 0.369. The summed E-state index contributed by atoms with van der Waals surface area (Å²) in [7, 11) is 0. The molecular formula is C33H35Cl2NO5. The molecule has 0 amide bonds. The molecule has 0 saturated heterocycles. The molecule has 0 bridgehead atoms. The number of carboxylic acids is 1. The van der Waals surface area contributed by atoms with Gasteiger partial charge in [0.1, 0.15) is 18.9 Å². The first-order valence-corrected chi connectivity index (χ1v) is 14.6. The lowest BCUT2D eigenvalue weighted by molar-refractivity contribution is -0.138. The summed E-state index contributed by atoms with van der Waals surface area (Å²) >= 11 is 13.3. The van der Waals surface area contributed by atoms with E-state index in [0.717, 1.165) is 11.1 Å². The summed E-state index contributed by atoms with van der Waals surface area (Å²) in [5.74, 6) is -1.65. The van der Waals surface area contributed by atoms with E-state index in [0.29, 0.717) is 51.7 Å². The Morgan fingerprint density at radius 1 is 0.927 bits per heavy atom. The molecule has 8 heteroatoms. The molecule has 1 heterocycles. The molecule has 2 aromatic carbocycles. The Kier molecular flexibility index (Phi) is 7.62. The fourth-order valence-corrected chi connectivity index (χ4v) is 7.04. The van der Waals surface area contributed by atoms with Crippen LogP contribution in [0.2, 0.25) is 10.0 Å². The second-order valence-corrected chi connectivity index (χ2v) is 13.9. The van der Waals surface area contributed by atoms with Crippen LogP contribution in [0.4, 0.5) is 0 Å². The third kappa shape index (κ3) is 5.82. The van der Waals surface area contributed by atoms with Crippen molar-refractivity contribution in [3.8, 4) is 5.75 Å². The van der Waals surface area contributed by atoms with Crippen LogP contribution in [0.25, 0.3) is 0 Å². The standard InChI is InChI=1S/C33H35Cl2NO5/c1-18-6-8-19(9-7-18)17-41-31-21(10-20(34)11-22(31)35)28-29-23(12-32(2,3)14-25(29)37)36(16-27(39)40)24-13-33(4,5)15-26(38)30(24)28/h6-11,28H,12-17H2,1-5H3,(H,39,40). The Balaban J connectivity index is 1.74. The molecule has 0 unspecified atom stereocenters. The molecule has 0 aromatic heterocycles. The fraction of sp³-hybridized carbons (Fsp3) is 0.424. The van der Waals surface area contributed by atoms with E-state index >= 15 is 0 Å². The van der Waals surface area contributed by atoms with Gasteiger partial charge in [0.25, 0.3) is 0 Å². The van der Waals surface area contributed by atoms with Crippen LogP contribution in [-0.2, 0) is 21.0 Å². The predicted molar refractivity (Wildman–Crippen MR) is 159 cm³/mol. The maximum Gasteiger partial charge on any atom is 0.323 e. The number of carbonyl (C=O) groups is 3. The number of halogens is 2. The number of carbonyl (C=O) groups excluding carboxylic acids is 2. The van der Waals surface area contributed by atoms with Crippen molar-refractivity contribution in [1.29, 1.82) is 0 Å². The zero-order valence-electron chi connectivity index (χ0n) is 24.1. The van der Waals surface area contributed by atoms with Gasteiger partial charge in [-0.15, -0.1) is 0 Å². The highest BCUT2D eigenvalue weighted by Crippen LogP contribution is 2.56. The van der Waals surface area contributed by atoms with E-state index in [9.17, 15) is 19.5 Å². The van der Waals surface area contributed by atoms with E-state index in [1.807, 2.05) is 58.9 Å². The maximum atomic E-state index is 14.0. The number of nitrogens with zero attached hydrogens (tertiary/aromatic N) is 1. The summed E-state index contributed by atoms with van der Waals surface area (Å²) in [5.41, 5.74) is 4.06. The van der Waals surface area contributed by atoms with Crippen molar-refractivity contribution >= 4 is 40.7 Å². The molecule has 1 aliphatic heterocycles. The molecule has 5 rings (SSSR count). The van der Waals surface area contributed by atoms with Crippen LogP contribution in [0.5, 0.6) is 5.75 Å². The third-order valence-corrected chi connectivity index (χ3v) is 8.67. The van der Waals surface area contributed by atoms with Crippen LogP contribution < -0.4 is 4.74 Å². The molecule has 41 heavy (non-hydrogen) atoms. The summed E-state index contributed by atoms with van der Waals surface area (Å²) < 4.78 is 6.34. The van der Waals surface area contributed by atoms with E-state index in [1.165, 1.54) is 0 Å². The molecule has 0 saturated carbocycles. The average Bonchev–Trinajstić information content (AvgIpc) is 2.83. The lowest BCUT2D eigenvalue weighted by Gasteiger charge is -2.48. The molecule has 216 valence electrons. The zero-order valence-corrected chi connectivity index (χ0v) is 25.6. The number of rotatable bonds is 6. The summed E-state index contributed by atoms with van der Waals surface area (Å²) in [6.45, 7) is 9.95. The maximum absolute atomic E-state index is 14.0. The summed E-state index contributed by atoms with van der Waals surface area (Å²) in [5, 5.41) is 10.6. The van der Waals surface area contributed by atoms with Crippen molar-refractivity contribution in [1.82, 2.24) is 4.90 Å². The zero-order chi connectivity index (χ0) is 29.9. The smallest absolute Gasteiger partial charge is 0.323 e. The predicted octanol–water partition coefficient (Wildman–Crippen LogP) is 7.65. The van der Waals surface area contributed by atoms with E-state index in [1.54, 1.807) is 17.0 Å². The first-order chi connectivity index (χ1) is 19.2. The fourth-order valence-electron chi connectivity index (χ4n) is 6.47. The third-order valence-electron chi connectivity index (χ3n) is 8.17. The number of hydrogen-bond acceptors (Lipinski definition) is 5. The Morgan fingerprint density at radius 2 is 1.46 bits per heavy atom. The molecule has 6 nitrogen and oxygen atoms in total. The molecule has 0 atom stereocenters. The molecule has 0 fully saturated rings. The number of aliphatic carboxylic acids is 1. The van der Waals surface area contributed by atoms with Crippen molar-refractivity contribution in [2.45, 2.75) is 72.8 Å². The minimum Gasteiger partial charge on any atom is -0.487 e. The molecule has 0 spiro atoms. The topological polar surface area (TPSA) is 83.9 Å². The minimum absolute atomic E-state index is 0.110. The monoisotopic (exact) mass is 595 g/mol. The van der Waals surface area contributed by atoms with Gasteiger partial charge in [-0.25, -0.2) is 0 Å². The number of benzene rings is 2. The normalized spacial score (nSPS) is 20.2. The molecule has 0 radical (unpaired) electrons. The second kappa shape index (κ2) is 10.6. The number of ether oxygens (including phenoxy) is 1. The molecule has 2 aliphatic carbocycles. The first kappa shape index (κ1) is 29.4. The number of carboxylic acid groups (broad SMARTS) is 1. The number of ketones is 2. The van der Waals surface area contributed by atoms with Crippen LogP contribution in [0.15, 0.2) is 58.9 Å². The first-order valence-electron chi connectivity index (χ1n) is 13.8. The van der Waals surface area contributed by atoms with E-state index in [-0.39, 0.29) is 53.4 Å². The van der Waals surface area contributed by atoms with Crippen molar-refractivity contribution in [2.24, 2.45) is 10.8 Å². The molecular weight excluding hydrogens is 561 g/mol. The number of Topliss-reactive ketones (excluding diaryl/α,β-unsaturated/α-hetero) is 2. The highest BCUT2D eigenvalue weighted by atomic mass is 35.5. The number of allylic oxidation sites excluding steroid dienone is 4. The lowest BCUT2D eigenvalue weighted by Crippen LogP contribution is -2.45. The van der Waals surface area contributed by atoms with Crippen LogP contribution in [0, 0.1) is 17.8 Å². The summed E-state index contributed by atoms with van der Waals surface area (Å²) in [6, 6.07) is 11.3. The van der Waals surface area contributed by atoms with Gasteiger partial charge in [0.05, 0.1) is 5.02 Å². The van der Waals surface area contributed by atoms with Crippen molar-refractivity contribution in [3.63, 3.8) is 0 Å². The SMILES string of the molecule is Cc1ccc(COc2c(Cl)cc(Cl)cc2C2C3=C(CC(C)(C)CC3=O)N(CC(=O)O)C3=C2C(=O)CC(C)(C)C3)cc1. The Morgan fingerprint density at radius 3 is 1.98 bits per heavy atom. The summed E-state index contributed by atoms with van der Waals surface area (Å²) in [6.07, 6.45) is 1.55.